The predicted molar refractivity (Wildman–Crippen MR) is 122 cm³/mol. The number of hydrogen-bond donors (Lipinski definition) is 1. The molecule has 0 heterocycles. The summed E-state index contributed by atoms with van der Waals surface area (Å²) in [6, 6.07) is 11.1. The molecule has 1 unspecified atom stereocenters. The van der Waals surface area contributed by atoms with Gasteiger partial charge < -0.3 is 5.73 Å². The first-order valence-electron chi connectivity index (χ1n) is 12.0. The van der Waals surface area contributed by atoms with E-state index in [2.05, 4.69) is 44.2 Å². The minimum atomic E-state index is 0.713. The lowest BCUT2D eigenvalue weighted by molar-refractivity contribution is 0.492. The Kier molecular flexibility index (Phi) is 15.5. The third kappa shape index (κ3) is 13.9. The van der Waals surface area contributed by atoms with Crippen LogP contribution in [-0.4, -0.2) is 6.54 Å². The van der Waals surface area contributed by atoms with Gasteiger partial charge in [-0.2, -0.15) is 0 Å². The largest absolute Gasteiger partial charge is 0.330 e. The average Bonchev–Trinajstić information content (AvgIpc) is 2.68. The molecule has 0 aliphatic carbocycles. The van der Waals surface area contributed by atoms with Gasteiger partial charge in [0, 0.05) is 0 Å². The van der Waals surface area contributed by atoms with E-state index in [0.717, 1.165) is 18.9 Å². The second kappa shape index (κ2) is 17.3. The summed E-state index contributed by atoms with van der Waals surface area (Å²) in [5.74, 6) is 1.60. The maximum Gasteiger partial charge on any atom is -0.00771 e. The molecule has 0 radical (unpaired) electrons. The van der Waals surface area contributed by atoms with E-state index in [4.69, 9.17) is 5.73 Å². The Morgan fingerprint density at radius 3 is 1.52 bits per heavy atom. The lowest BCUT2D eigenvalue weighted by Gasteiger charge is -2.17. The van der Waals surface area contributed by atoms with Gasteiger partial charge in [0.15, 0.2) is 0 Å². The third-order valence-corrected chi connectivity index (χ3v) is 5.86. The van der Waals surface area contributed by atoms with E-state index in [1.807, 2.05) is 0 Å². The van der Waals surface area contributed by atoms with Crippen LogP contribution in [0, 0.1) is 5.92 Å². The smallest absolute Gasteiger partial charge is 0.00771 e. The molecule has 0 saturated heterocycles. The summed E-state index contributed by atoms with van der Waals surface area (Å²) in [5, 5.41) is 0. The summed E-state index contributed by atoms with van der Waals surface area (Å²) < 4.78 is 0. The van der Waals surface area contributed by atoms with Gasteiger partial charge in [0.2, 0.25) is 0 Å². The summed E-state index contributed by atoms with van der Waals surface area (Å²) >= 11 is 0. The Morgan fingerprint density at radius 1 is 0.593 bits per heavy atom. The van der Waals surface area contributed by atoms with Crippen LogP contribution in [0.3, 0.4) is 0 Å². The van der Waals surface area contributed by atoms with E-state index in [-0.39, 0.29) is 0 Å². The Labute approximate surface area is 170 Å². The van der Waals surface area contributed by atoms with Crippen LogP contribution in [-0.2, 0) is 0 Å². The fourth-order valence-corrected chi connectivity index (χ4v) is 4.10. The fraction of sp³-hybridized carbons (Fsp3) is 0.769. The van der Waals surface area contributed by atoms with Gasteiger partial charge >= 0.3 is 0 Å². The van der Waals surface area contributed by atoms with Crippen molar-refractivity contribution in [2.24, 2.45) is 11.7 Å². The van der Waals surface area contributed by atoms with Crippen LogP contribution in [0.25, 0.3) is 0 Å². The molecule has 1 aromatic rings. The average molecular weight is 374 g/mol. The molecular formula is C26H47N. The SMILES string of the molecule is CC(C)CCCCCCCCCCCCCC(CCCN)c1ccccc1. The minimum Gasteiger partial charge on any atom is -0.330 e. The molecule has 0 spiro atoms. The van der Waals surface area contributed by atoms with Gasteiger partial charge in [-0.3, -0.25) is 0 Å². The predicted octanol–water partition coefficient (Wildman–Crippen LogP) is 8.24. The van der Waals surface area contributed by atoms with Crippen LogP contribution in [0.1, 0.15) is 122 Å². The Balaban J connectivity index is 1.96. The number of unbranched alkanes of at least 4 members (excludes halogenated alkanes) is 10. The molecule has 1 atom stereocenters. The molecule has 1 nitrogen and oxygen atoms in total. The normalized spacial score (nSPS) is 12.6. The van der Waals surface area contributed by atoms with Crippen LogP contribution in [0.5, 0.6) is 0 Å². The highest BCUT2D eigenvalue weighted by Gasteiger charge is 2.10. The van der Waals surface area contributed by atoms with Gasteiger partial charge in [0.25, 0.3) is 0 Å². The number of rotatable bonds is 18. The molecule has 1 heteroatoms. The van der Waals surface area contributed by atoms with E-state index in [1.165, 1.54) is 95.5 Å². The van der Waals surface area contributed by atoms with Crippen molar-refractivity contribution < 1.29 is 0 Å². The molecule has 2 N–H and O–H groups in total. The number of nitrogens with two attached hydrogens (primary N) is 1. The zero-order chi connectivity index (χ0) is 19.6. The minimum absolute atomic E-state index is 0.713. The van der Waals surface area contributed by atoms with Crippen LogP contribution in [0.2, 0.25) is 0 Å². The van der Waals surface area contributed by atoms with Crippen molar-refractivity contribution in [2.45, 2.75) is 116 Å². The quantitative estimate of drug-likeness (QED) is 0.258. The molecule has 1 rings (SSSR count). The first-order chi connectivity index (χ1) is 13.2. The Morgan fingerprint density at radius 2 is 1.04 bits per heavy atom. The number of benzene rings is 1. The van der Waals surface area contributed by atoms with Gasteiger partial charge in [-0.15, -0.1) is 0 Å². The van der Waals surface area contributed by atoms with Gasteiger partial charge in [-0.05, 0) is 43.2 Å². The van der Waals surface area contributed by atoms with E-state index in [0.29, 0.717) is 5.92 Å². The van der Waals surface area contributed by atoms with Crippen LogP contribution < -0.4 is 5.73 Å². The van der Waals surface area contributed by atoms with E-state index >= 15 is 0 Å². The van der Waals surface area contributed by atoms with Crippen molar-refractivity contribution >= 4 is 0 Å². The van der Waals surface area contributed by atoms with Crippen molar-refractivity contribution in [1.29, 1.82) is 0 Å². The zero-order valence-electron chi connectivity index (χ0n) is 18.4. The molecule has 0 amide bonds. The maximum absolute atomic E-state index is 5.73. The molecule has 0 saturated carbocycles. The van der Waals surface area contributed by atoms with Crippen LogP contribution in [0.15, 0.2) is 30.3 Å². The van der Waals surface area contributed by atoms with E-state index < -0.39 is 0 Å². The first kappa shape index (κ1) is 24.2. The van der Waals surface area contributed by atoms with Crippen LogP contribution in [0.4, 0.5) is 0 Å². The lowest BCUT2D eigenvalue weighted by Crippen LogP contribution is -2.04. The molecule has 27 heavy (non-hydrogen) atoms. The summed E-state index contributed by atoms with van der Waals surface area (Å²) in [6.45, 7) is 5.49. The summed E-state index contributed by atoms with van der Waals surface area (Å²) in [5.41, 5.74) is 7.25. The molecule has 0 aliphatic rings. The summed E-state index contributed by atoms with van der Waals surface area (Å²) in [6.07, 6.45) is 20.9. The van der Waals surface area contributed by atoms with Crippen molar-refractivity contribution in [3.8, 4) is 0 Å². The Hall–Kier alpha value is -0.820. The zero-order valence-corrected chi connectivity index (χ0v) is 18.4. The lowest BCUT2D eigenvalue weighted by atomic mass is 9.89. The molecule has 0 fully saturated rings. The first-order valence-corrected chi connectivity index (χ1v) is 12.0. The molecule has 0 aromatic heterocycles. The Bertz CT molecular complexity index is 411. The third-order valence-electron chi connectivity index (χ3n) is 5.86. The van der Waals surface area contributed by atoms with Gasteiger partial charge in [-0.1, -0.05) is 121 Å². The summed E-state index contributed by atoms with van der Waals surface area (Å²) in [4.78, 5) is 0. The molecule has 0 aliphatic heterocycles. The van der Waals surface area contributed by atoms with E-state index in [1.54, 1.807) is 0 Å². The van der Waals surface area contributed by atoms with Crippen molar-refractivity contribution in [3.05, 3.63) is 35.9 Å². The highest BCUT2D eigenvalue weighted by atomic mass is 14.5. The van der Waals surface area contributed by atoms with Gasteiger partial charge in [0.05, 0.1) is 0 Å². The fourth-order valence-electron chi connectivity index (χ4n) is 4.10. The molecule has 1 aromatic carbocycles. The number of hydrogen-bond acceptors (Lipinski definition) is 1. The van der Waals surface area contributed by atoms with Crippen molar-refractivity contribution in [2.75, 3.05) is 6.54 Å². The van der Waals surface area contributed by atoms with E-state index in [9.17, 15) is 0 Å². The highest BCUT2D eigenvalue weighted by molar-refractivity contribution is 5.19. The second-order valence-electron chi connectivity index (χ2n) is 8.90. The highest BCUT2D eigenvalue weighted by Crippen LogP contribution is 2.27. The van der Waals surface area contributed by atoms with Gasteiger partial charge in [0.1, 0.15) is 0 Å². The standard InChI is InChI=1S/C26H47N/c1-24(2)18-13-10-8-6-4-3-5-7-9-11-14-19-26(22-17-23-27)25-20-15-12-16-21-25/h12,15-16,20-21,24,26H,3-11,13-14,17-19,22-23,27H2,1-2H3. The molecule has 156 valence electrons. The van der Waals surface area contributed by atoms with Crippen molar-refractivity contribution in [3.63, 3.8) is 0 Å². The molecule has 0 bridgehead atoms. The second-order valence-corrected chi connectivity index (χ2v) is 8.90. The molecular weight excluding hydrogens is 326 g/mol. The van der Waals surface area contributed by atoms with Crippen molar-refractivity contribution in [1.82, 2.24) is 0 Å². The van der Waals surface area contributed by atoms with Gasteiger partial charge in [-0.25, -0.2) is 0 Å². The maximum atomic E-state index is 5.73. The van der Waals surface area contributed by atoms with Crippen LogP contribution >= 0.6 is 0 Å². The topological polar surface area (TPSA) is 26.0 Å². The monoisotopic (exact) mass is 373 g/mol. The summed E-state index contributed by atoms with van der Waals surface area (Å²) in [7, 11) is 0.